The molecule has 4 N–H and O–H groups in total. The molecule has 0 aliphatic heterocycles. The highest BCUT2D eigenvalue weighted by Gasteiger charge is 2.21. The van der Waals surface area contributed by atoms with E-state index in [1.807, 2.05) is 0 Å². The molecular weight excluding hydrogens is 209 g/mol. The SMILES string of the molecule is COP(=O)(CCC(=O)N=C(N)N)OC. The first kappa shape index (κ1) is 13.1. The molecule has 0 aromatic carbocycles. The maximum Gasteiger partial charge on any atom is 0.330 e. The molecule has 0 aliphatic carbocycles. The molecule has 0 saturated carbocycles. The lowest BCUT2D eigenvalue weighted by atomic mass is 10.5. The molecule has 0 spiro atoms. The number of carbonyl (C=O) groups is 1. The van der Waals surface area contributed by atoms with Gasteiger partial charge in [0, 0.05) is 20.6 Å². The van der Waals surface area contributed by atoms with Crippen LogP contribution in [-0.4, -0.2) is 32.2 Å². The van der Waals surface area contributed by atoms with Gasteiger partial charge in [-0.2, -0.15) is 4.99 Å². The number of amides is 1. The molecule has 0 fully saturated rings. The summed E-state index contributed by atoms with van der Waals surface area (Å²) in [6.45, 7) is 0. The summed E-state index contributed by atoms with van der Waals surface area (Å²) >= 11 is 0. The van der Waals surface area contributed by atoms with Crippen LogP contribution in [0.25, 0.3) is 0 Å². The van der Waals surface area contributed by atoms with Gasteiger partial charge in [0.2, 0.25) is 5.91 Å². The Hall–Kier alpha value is -0.910. The quantitative estimate of drug-likeness (QED) is 0.374. The smallest absolute Gasteiger partial charge is 0.330 e. The topological polar surface area (TPSA) is 117 Å². The van der Waals surface area contributed by atoms with Crippen LogP contribution in [0.5, 0.6) is 0 Å². The molecule has 0 heterocycles. The molecule has 0 aromatic rings. The van der Waals surface area contributed by atoms with Gasteiger partial charge in [0.05, 0.1) is 6.16 Å². The van der Waals surface area contributed by atoms with Gasteiger partial charge in [-0.05, 0) is 0 Å². The fourth-order valence-electron chi connectivity index (χ4n) is 0.690. The first-order valence-corrected chi connectivity index (χ1v) is 5.49. The predicted octanol–water partition coefficient (Wildman–Crippen LogP) is -0.338. The number of guanidine groups is 1. The lowest BCUT2D eigenvalue weighted by molar-refractivity contribution is -0.117. The maximum absolute atomic E-state index is 11.4. The minimum absolute atomic E-state index is 0.0460. The Morgan fingerprint density at radius 2 is 1.86 bits per heavy atom. The zero-order valence-corrected chi connectivity index (χ0v) is 8.99. The number of hydrogen-bond acceptors (Lipinski definition) is 4. The Balaban J connectivity index is 4.12. The molecule has 0 unspecified atom stereocenters. The Bertz CT molecular complexity index is 266. The molecule has 8 heteroatoms. The van der Waals surface area contributed by atoms with Crippen LogP contribution in [0.2, 0.25) is 0 Å². The van der Waals surface area contributed by atoms with E-state index in [2.05, 4.69) is 14.0 Å². The Morgan fingerprint density at radius 1 is 1.36 bits per heavy atom. The van der Waals surface area contributed by atoms with Crippen molar-refractivity contribution >= 4 is 19.5 Å². The van der Waals surface area contributed by atoms with Crippen molar-refractivity contribution in [3.63, 3.8) is 0 Å². The average molecular weight is 223 g/mol. The fraction of sp³-hybridized carbons (Fsp3) is 0.667. The molecule has 0 atom stereocenters. The van der Waals surface area contributed by atoms with E-state index < -0.39 is 13.5 Å². The van der Waals surface area contributed by atoms with E-state index in [1.54, 1.807) is 0 Å². The lowest BCUT2D eigenvalue weighted by Crippen LogP contribution is -2.24. The molecule has 82 valence electrons. The molecule has 0 aromatic heterocycles. The number of nitrogens with zero attached hydrogens (tertiary/aromatic N) is 1. The lowest BCUT2D eigenvalue weighted by Gasteiger charge is -2.11. The largest absolute Gasteiger partial charge is 0.370 e. The second-order valence-corrected chi connectivity index (χ2v) is 4.78. The van der Waals surface area contributed by atoms with Crippen LogP contribution >= 0.6 is 7.60 Å². The minimum atomic E-state index is -3.15. The van der Waals surface area contributed by atoms with Crippen molar-refractivity contribution in [2.24, 2.45) is 16.5 Å². The van der Waals surface area contributed by atoms with E-state index in [1.165, 1.54) is 14.2 Å². The van der Waals surface area contributed by atoms with Crippen LogP contribution in [0.1, 0.15) is 6.42 Å². The van der Waals surface area contributed by atoms with Crippen LogP contribution in [0.3, 0.4) is 0 Å². The van der Waals surface area contributed by atoms with Gasteiger partial charge in [0.1, 0.15) is 0 Å². The summed E-state index contributed by atoms with van der Waals surface area (Å²) in [5, 5.41) is 0. The summed E-state index contributed by atoms with van der Waals surface area (Å²) in [6.07, 6.45) is -0.132. The van der Waals surface area contributed by atoms with Crippen molar-refractivity contribution in [1.82, 2.24) is 0 Å². The van der Waals surface area contributed by atoms with Crippen molar-refractivity contribution in [1.29, 1.82) is 0 Å². The zero-order valence-electron chi connectivity index (χ0n) is 8.10. The van der Waals surface area contributed by atoms with Gasteiger partial charge in [0.25, 0.3) is 0 Å². The van der Waals surface area contributed by atoms with E-state index in [9.17, 15) is 9.36 Å². The second-order valence-electron chi connectivity index (χ2n) is 2.38. The van der Waals surface area contributed by atoms with Gasteiger partial charge in [-0.3, -0.25) is 9.36 Å². The summed E-state index contributed by atoms with van der Waals surface area (Å²) < 4.78 is 20.7. The van der Waals surface area contributed by atoms with Crippen molar-refractivity contribution in [2.75, 3.05) is 20.4 Å². The van der Waals surface area contributed by atoms with E-state index in [4.69, 9.17) is 11.5 Å². The van der Waals surface area contributed by atoms with Gasteiger partial charge < -0.3 is 20.5 Å². The van der Waals surface area contributed by atoms with Crippen LogP contribution in [0.4, 0.5) is 0 Å². The Morgan fingerprint density at radius 3 is 2.21 bits per heavy atom. The van der Waals surface area contributed by atoms with Crippen LogP contribution in [-0.2, 0) is 18.4 Å². The number of hydrogen-bond donors (Lipinski definition) is 2. The monoisotopic (exact) mass is 223 g/mol. The molecule has 0 rings (SSSR count). The Labute approximate surface area is 82.0 Å². The zero-order chi connectivity index (χ0) is 11.2. The summed E-state index contributed by atoms with van der Waals surface area (Å²) in [5.74, 6) is -0.876. The maximum atomic E-state index is 11.4. The molecule has 0 bridgehead atoms. The third-order valence-electron chi connectivity index (χ3n) is 1.41. The van der Waals surface area contributed by atoms with E-state index in [0.29, 0.717) is 0 Å². The molecule has 0 aliphatic rings. The van der Waals surface area contributed by atoms with Gasteiger partial charge in [-0.1, -0.05) is 0 Å². The predicted molar refractivity (Wildman–Crippen MR) is 51.9 cm³/mol. The first-order chi connectivity index (χ1) is 6.43. The highest BCUT2D eigenvalue weighted by atomic mass is 31.2. The summed E-state index contributed by atoms with van der Waals surface area (Å²) in [4.78, 5) is 14.2. The summed E-state index contributed by atoms with van der Waals surface area (Å²) in [7, 11) is -0.659. The molecule has 14 heavy (non-hydrogen) atoms. The van der Waals surface area contributed by atoms with E-state index >= 15 is 0 Å². The van der Waals surface area contributed by atoms with Crippen molar-refractivity contribution in [3.05, 3.63) is 0 Å². The first-order valence-electron chi connectivity index (χ1n) is 3.76. The third-order valence-corrected chi connectivity index (χ3v) is 3.29. The normalized spacial score (nSPS) is 11.0. The standard InChI is InChI=1S/C6H14N3O4P/c1-12-14(11,13-2)4-3-5(10)9-6(7)8/h3-4H2,1-2H3,(H4,7,8,9,10). The van der Waals surface area contributed by atoms with Crippen molar-refractivity contribution < 1.29 is 18.4 Å². The highest BCUT2D eigenvalue weighted by Crippen LogP contribution is 2.46. The molecule has 0 radical (unpaired) electrons. The summed E-state index contributed by atoms with van der Waals surface area (Å²) in [5.41, 5.74) is 9.95. The molecular formula is C6H14N3O4P. The minimum Gasteiger partial charge on any atom is -0.370 e. The van der Waals surface area contributed by atoms with Crippen molar-refractivity contribution in [3.8, 4) is 0 Å². The van der Waals surface area contributed by atoms with E-state index in [0.717, 1.165) is 0 Å². The summed E-state index contributed by atoms with van der Waals surface area (Å²) in [6, 6.07) is 0. The van der Waals surface area contributed by atoms with Crippen LogP contribution in [0, 0.1) is 0 Å². The van der Waals surface area contributed by atoms with Crippen molar-refractivity contribution in [2.45, 2.75) is 6.42 Å². The number of nitrogens with two attached hydrogens (primary N) is 2. The number of rotatable bonds is 5. The van der Waals surface area contributed by atoms with Crippen LogP contribution < -0.4 is 11.5 Å². The Kier molecular flexibility index (Phi) is 5.37. The van der Waals surface area contributed by atoms with Gasteiger partial charge in [0.15, 0.2) is 5.96 Å². The molecule has 1 amide bonds. The second kappa shape index (κ2) is 5.74. The van der Waals surface area contributed by atoms with Crippen LogP contribution in [0.15, 0.2) is 4.99 Å². The van der Waals surface area contributed by atoms with Gasteiger partial charge in [-0.25, -0.2) is 0 Å². The fourth-order valence-corrected chi connectivity index (χ4v) is 1.67. The molecule has 0 saturated heterocycles. The highest BCUT2D eigenvalue weighted by molar-refractivity contribution is 7.53. The van der Waals surface area contributed by atoms with Gasteiger partial charge in [-0.15, -0.1) is 0 Å². The number of aliphatic imine (C=N–C) groups is 1. The van der Waals surface area contributed by atoms with E-state index in [-0.39, 0.29) is 18.5 Å². The third kappa shape index (κ3) is 4.96. The van der Waals surface area contributed by atoms with Gasteiger partial charge >= 0.3 is 7.60 Å². The number of carbonyl (C=O) groups excluding carboxylic acids is 1. The average Bonchev–Trinajstić information content (AvgIpc) is 2.13. The molecule has 7 nitrogen and oxygen atoms in total.